The van der Waals surface area contributed by atoms with Crippen molar-refractivity contribution in [3.63, 3.8) is 0 Å². The molecule has 0 aromatic carbocycles. The Bertz CT molecular complexity index is 272. The molecule has 3 rings (SSSR count). The van der Waals surface area contributed by atoms with E-state index >= 15 is 0 Å². The topological polar surface area (TPSA) is 40.5 Å². The van der Waals surface area contributed by atoms with E-state index < -0.39 is 0 Å². The largest absolute Gasteiger partial charge is 0.394 e. The quantitative estimate of drug-likeness (QED) is 0.538. The summed E-state index contributed by atoms with van der Waals surface area (Å²) in [5.41, 5.74) is 0.905. The van der Waals surface area contributed by atoms with Crippen molar-refractivity contribution in [1.29, 1.82) is 0 Å². The van der Waals surface area contributed by atoms with Crippen LogP contribution in [-0.2, 0) is 0 Å². The third kappa shape index (κ3) is 0.555. The summed E-state index contributed by atoms with van der Waals surface area (Å²) in [6.07, 6.45) is 2.55. The van der Waals surface area contributed by atoms with Crippen LogP contribution >= 0.6 is 0 Å². The molecule has 1 atom stereocenters. The maximum absolute atomic E-state index is 11.2. The van der Waals surface area contributed by atoms with Gasteiger partial charge in [-0.1, -0.05) is 0 Å². The van der Waals surface area contributed by atoms with E-state index in [0.29, 0.717) is 27.1 Å². The number of piperidine rings is 2. The Balaban J connectivity index is 1.89. The minimum atomic E-state index is 0.176. The Labute approximate surface area is 79.2 Å². The third-order valence-electron chi connectivity index (χ3n) is 4.18. The molecule has 3 fully saturated rings. The van der Waals surface area contributed by atoms with Crippen LogP contribution in [0.3, 0.4) is 0 Å². The van der Waals surface area contributed by atoms with E-state index in [1.54, 1.807) is 0 Å². The lowest BCUT2D eigenvalue weighted by Gasteiger charge is -2.32. The van der Waals surface area contributed by atoms with E-state index in [9.17, 15) is 9.90 Å². The molecular formula is C8H12AlNO2. The van der Waals surface area contributed by atoms with E-state index in [4.69, 9.17) is 0 Å². The van der Waals surface area contributed by atoms with Crippen LogP contribution in [0, 0.1) is 10.8 Å². The normalized spacial score (nSPS) is 53.1. The van der Waals surface area contributed by atoms with Gasteiger partial charge in [0.15, 0.2) is 0 Å². The maximum atomic E-state index is 11.2. The Hall–Kier alpha value is -0.0375. The molecule has 0 aromatic heterocycles. The van der Waals surface area contributed by atoms with Crippen molar-refractivity contribution in [2.75, 3.05) is 13.2 Å². The molecule has 2 saturated carbocycles. The molecule has 64 valence electrons. The standard InChI is InChI=1S/C8H10NO2.Al.2H/c10-1-6-8-2-7(8,3-8)4-9(6)5-11;;;/h6,10H,1-4H2;;;/t6-,7?,8?;;;/m1.../s1. The van der Waals surface area contributed by atoms with Crippen LogP contribution in [0.4, 0.5) is 4.79 Å². The molecule has 12 heavy (non-hydrogen) atoms. The van der Waals surface area contributed by atoms with Crippen LogP contribution in [-0.4, -0.2) is 50.3 Å². The maximum Gasteiger partial charge on any atom is 0.355 e. The summed E-state index contributed by atoms with van der Waals surface area (Å²) in [5, 5.41) is 9.19. The van der Waals surface area contributed by atoms with Gasteiger partial charge >= 0.3 is 16.3 Å². The molecule has 1 saturated heterocycles. The summed E-state index contributed by atoms with van der Waals surface area (Å²) in [6.45, 7) is 1.12. The number of nitrogens with zero attached hydrogens (tertiary/aromatic N) is 1. The first-order chi connectivity index (χ1) is 5.65. The summed E-state index contributed by atoms with van der Waals surface area (Å²) in [4.78, 5) is 13.1. The van der Waals surface area contributed by atoms with Gasteiger partial charge in [-0.05, 0) is 18.3 Å². The second-order valence-corrected chi connectivity index (χ2v) is 5.49. The van der Waals surface area contributed by atoms with Crippen LogP contribution in [0.1, 0.15) is 12.8 Å². The summed E-state index contributed by atoms with van der Waals surface area (Å²) < 4.78 is 0.264. The summed E-state index contributed by atoms with van der Waals surface area (Å²) >= 11 is 0.597. The molecule has 0 bridgehead atoms. The number of rotatable bonds is 1. The van der Waals surface area contributed by atoms with Gasteiger partial charge in [0, 0.05) is 12.0 Å². The number of carbonyl (C=O) groups excluding carboxylic acids is 1. The van der Waals surface area contributed by atoms with Gasteiger partial charge in [0.25, 0.3) is 0 Å². The van der Waals surface area contributed by atoms with Gasteiger partial charge in [0.1, 0.15) is 4.77 Å². The molecule has 1 N–H and O–H groups in total. The average Bonchev–Trinajstić information content (AvgIpc) is 2.72. The van der Waals surface area contributed by atoms with E-state index in [-0.39, 0.29) is 17.4 Å². The first-order valence-electron chi connectivity index (χ1n) is 4.53. The molecule has 3 nitrogen and oxygen atoms in total. The molecule has 1 heterocycles. The Kier molecular flexibility index (Phi) is 1.07. The molecule has 3 aliphatic rings. The summed E-state index contributed by atoms with van der Waals surface area (Å²) in [7, 11) is 0. The van der Waals surface area contributed by atoms with Gasteiger partial charge in [-0.25, -0.2) is 0 Å². The fourth-order valence-corrected chi connectivity index (χ4v) is 3.73. The molecule has 0 radical (unpaired) electrons. The van der Waals surface area contributed by atoms with Crippen molar-refractivity contribution in [2.45, 2.75) is 18.9 Å². The molecule has 4 heteroatoms. The Morgan fingerprint density at radius 3 is 2.75 bits per heavy atom. The van der Waals surface area contributed by atoms with E-state index in [1.165, 1.54) is 12.8 Å². The highest BCUT2D eigenvalue weighted by Crippen LogP contribution is 2.91. The molecule has 0 spiro atoms. The van der Waals surface area contributed by atoms with Crippen molar-refractivity contribution in [3.8, 4) is 0 Å². The highest BCUT2D eigenvalue weighted by molar-refractivity contribution is 6.57. The van der Waals surface area contributed by atoms with E-state index in [1.807, 2.05) is 4.90 Å². The predicted octanol–water partition coefficient (Wildman–Crippen LogP) is -0.804. The number of aliphatic hydroxyl groups excluding tert-OH is 1. The van der Waals surface area contributed by atoms with Crippen LogP contribution in [0.25, 0.3) is 0 Å². The number of likely N-dealkylation sites (tertiary alicyclic amines) is 1. The first kappa shape index (κ1) is 7.37. The zero-order valence-corrected chi connectivity index (χ0v) is 9.21. The number of hydrogen-bond acceptors (Lipinski definition) is 2. The van der Waals surface area contributed by atoms with Crippen molar-refractivity contribution in [3.05, 3.63) is 0 Å². The second kappa shape index (κ2) is 1.75. The number of amides is 1. The molecule has 0 aromatic rings. The van der Waals surface area contributed by atoms with Crippen LogP contribution in [0.15, 0.2) is 0 Å². The lowest BCUT2D eigenvalue weighted by atomic mass is 10.0. The number of carbonyl (C=O) groups is 1. The van der Waals surface area contributed by atoms with E-state index in [2.05, 4.69) is 0 Å². The fraction of sp³-hybridized carbons (Fsp3) is 0.875. The minimum absolute atomic E-state index is 0.176. The number of aliphatic hydroxyl groups is 1. The molecule has 0 unspecified atom stereocenters. The molecular weight excluding hydrogens is 169 g/mol. The zero-order chi connectivity index (χ0) is 8.56. The second-order valence-electron chi connectivity index (χ2n) is 4.64. The number of hydrogen-bond donors (Lipinski definition) is 1. The lowest BCUT2D eigenvalue weighted by molar-refractivity contribution is 0.123. The summed E-state index contributed by atoms with van der Waals surface area (Å²) in [6, 6.07) is 0.183. The van der Waals surface area contributed by atoms with Gasteiger partial charge in [0.05, 0.1) is 12.6 Å². The van der Waals surface area contributed by atoms with Crippen molar-refractivity contribution < 1.29 is 9.90 Å². The minimum Gasteiger partial charge on any atom is -0.394 e. The predicted molar refractivity (Wildman–Crippen MR) is 45.6 cm³/mol. The first-order valence-corrected chi connectivity index (χ1v) is 5.53. The molecule has 1 amide bonds. The van der Waals surface area contributed by atoms with Crippen LogP contribution in [0.2, 0.25) is 0 Å². The lowest BCUT2D eigenvalue weighted by Crippen LogP contribution is -2.44. The fourth-order valence-electron chi connectivity index (χ4n) is 3.26. The average molecular weight is 181 g/mol. The highest BCUT2D eigenvalue weighted by atomic mass is 27.0. The SMILES string of the molecule is O=[C]([AlH2])N1CC23CC2(C3)[C@H]1CO. The zero-order valence-electron chi connectivity index (χ0n) is 7.21. The van der Waals surface area contributed by atoms with Crippen molar-refractivity contribution in [2.24, 2.45) is 10.8 Å². The third-order valence-corrected chi connectivity index (χ3v) is 4.75. The summed E-state index contributed by atoms with van der Waals surface area (Å²) in [5.74, 6) is 0. The Morgan fingerprint density at radius 1 is 1.67 bits per heavy atom. The van der Waals surface area contributed by atoms with Gasteiger partial charge in [-0.15, -0.1) is 0 Å². The van der Waals surface area contributed by atoms with Crippen LogP contribution < -0.4 is 0 Å². The Morgan fingerprint density at radius 2 is 2.33 bits per heavy atom. The van der Waals surface area contributed by atoms with Crippen molar-refractivity contribution in [1.82, 2.24) is 4.90 Å². The van der Waals surface area contributed by atoms with Gasteiger partial charge in [0.2, 0.25) is 0 Å². The van der Waals surface area contributed by atoms with Crippen molar-refractivity contribution >= 4 is 21.1 Å². The van der Waals surface area contributed by atoms with Crippen LogP contribution in [0.5, 0.6) is 0 Å². The smallest absolute Gasteiger partial charge is 0.355 e. The van der Waals surface area contributed by atoms with Gasteiger partial charge < -0.3 is 10.0 Å². The highest BCUT2D eigenvalue weighted by Gasteiger charge is 2.89. The van der Waals surface area contributed by atoms with Gasteiger partial charge in [-0.2, -0.15) is 0 Å². The van der Waals surface area contributed by atoms with E-state index in [0.717, 1.165) is 6.54 Å². The molecule has 2 aliphatic carbocycles. The molecule has 1 aliphatic heterocycles. The van der Waals surface area contributed by atoms with Gasteiger partial charge in [-0.3, -0.25) is 4.79 Å². The monoisotopic (exact) mass is 181 g/mol.